The van der Waals surface area contributed by atoms with E-state index in [-0.39, 0.29) is 27.6 Å². The Hall–Kier alpha value is -4.38. The number of rotatable bonds is 8. The monoisotopic (exact) mass is 496 g/mol. The number of halogens is 1. The van der Waals surface area contributed by atoms with Gasteiger partial charge in [-0.05, 0) is 42.0 Å². The van der Waals surface area contributed by atoms with E-state index in [1.165, 1.54) is 38.5 Å². The summed E-state index contributed by atoms with van der Waals surface area (Å²) in [5.74, 6) is -1.31. The maximum absolute atomic E-state index is 14.0. The molecule has 0 aliphatic heterocycles. The number of benzene rings is 3. The Labute approximate surface area is 201 Å². The second-order valence-corrected chi connectivity index (χ2v) is 8.98. The molecule has 4 rings (SSSR count). The molecule has 0 bridgehead atoms. The SMILES string of the molecule is COc1cc(S(=O)(=O)Nc2ccccc2F)cc(C(=O)Nc2ccc(-c3ccn[nH]3)cc2)c1OC. The molecule has 0 fully saturated rings. The van der Waals surface area contributed by atoms with Gasteiger partial charge in [0.1, 0.15) is 5.82 Å². The van der Waals surface area contributed by atoms with Gasteiger partial charge in [-0.3, -0.25) is 14.6 Å². The molecule has 0 atom stereocenters. The summed E-state index contributed by atoms with van der Waals surface area (Å²) in [6.07, 6.45) is 1.63. The van der Waals surface area contributed by atoms with E-state index in [0.29, 0.717) is 5.69 Å². The number of hydrogen-bond acceptors (Lipinski definition) is 6. The number of anilines is 2. The van der Waals surface area contributed by atoms with E-state index in [0.717, 1.165) is 23.4 Å². The Morgan fingerprint density at radius 3 is 2.37 bits per heavy atom. The van der Waals surface area contributed by atoms with Crippen LogP contribution in [0.2, 0.25) is 0 Å². The summed E-state index contributed by atoms with van der Waals surface area (Å²) in [4.78, 5) is 12.8. The molecule has 0 aliphatic carbocycles. The number of amides is 1. The summed E-state index contributed by atoms with van der Waals surface area (Å²) >= 11 is 0. The predicted octanol–water partition coefficient (Wildman–Crippen LogP) is 4.29. The number of aromatic nitrogens is 2. The van der Waals surface area contributed by atoms with Crippen LogP contribution in [-0.4, -0.2) is 38.7 Å². The topological polar surface area (TPSA) is 122 Å². The molecule has 3 N–H and O–H groups in total. The molecule has 4 aromatic rings. The standard InChI is InChI=1S/C24H21FN4O5S/c1-33-22-14-17(35(31,32)29-21-6-4-3-5-19(21)25)13-18(23(22)34-2)24(30)27-16-9-7-15(8-10-16)20-11-12-26-28-20/h3-14,29H,1-2H3,(H,26,28)(H,27,30). The summed E-state index contributed by atoms with van der Waals surface area (Å²) in [7, 11) is -1.62. The summed E-state index contributed by atoms with van der Waals surface area (Å²) in [5.41, 5.74) is 1.84. The van der Waals surface area contributed by atoms with Crippen molar-refractivity contribution in [2.24, 2.45) is 0 Å². The minimum absolute atomic E-state index is 0.0173. The van der Waals surface area contributed by atoms with Gasteiger partial charge in [0, 0.05) is 18.0 Å². The number of sulfonamides is 1. The molecule has 0 saturated heterocycles. The number of carbonyl (C=O) groups excluding carboxylic acids is 1. The highest BCUT2D eigenvalue weighted by molar-refractivity contribution is 7.92. The lowest BCUT2D eigenvalue weighted by atomic mass is 10.1. The van der Waals surface area contributed by atoms with Crippen molar-refractivity contribution in [3.05, 3.63) is 84.3 Å². The predicted molar refractivity (Wildman–Crippen MR) is 129 cm³/mol. The number of hydrogen-bond donors (Lipinski definition) is 3. The first-order valence-corrected chi connectivity index (χ1v) is 11.7. The Kier molecular flexibility index (Phi) is 6.69. The number of ether oxygens (including phenoxy) is 2. The lowest BCUT2D eigenvalue weighted by Gasteiger charge is -2.16. The van der Waals surface area contributed by atoms with Gasteiger partial charge in [-0.2, -0.15) is 5.10 Å². The number of carbonyl (C=O) groups is 1. The fourth-order valence-corrected chi connectivity index (χ4v) is 4.47. The Balaban J connectivity index is 1.66. The Morgan fingerprint density at radius 2 is 1.74 bits per heavy atom. The number of nitrogens with zero attached hydrogens (tertiary/aromatic N) is 1. The van der Waals surface area contributed by atoms with E-state index in [2.05, 4.69) is 20.2 Å². The van der Waals surface area contributed by atoms with Crippen LogP contribution in [0.1, 0.15) is 10.4 Å². The third-order valence-electron chi connectivity index (χ3n) is 5.08. The van der Waals surface area contributed by atoms with E-state index in [1.54, 1.807) is 30.5 Å². The summed E-state index contributed by atoms with van der Waals surface area (Å²) in [5, 5.41) is 9.48. The molecule has 0 radical (unpaired) electrons. The summed E-state index contributed by atoms with van der Waals surface area (Å²) in [6, 6.07) is 16.5. The van der Waals surface area contributed by atoms with Crippen LogP contribution < -0.4 is 19.5 Å². The van der Waals surface area contributed by atoms with Gasteiger partial charge in [0.05, 0.1) is 36.1 Å². The van der Waals surface area contributed by atoms with Crippen LogP contribution in [0.5, 0.6) is 11.5 Å². The summed E-state index contributed by atoms with van der Waals surface area (Å²) < 4.78 is 52.8. The Bertz CT molecular complexity index is 1460. The van der Waals surface area contributed by atoms with Crippen LogP contribution >= 0.6 is 0 Å². The highest BCUT2D eigenvalue weighted by atomic mass is 32.2. The molecule has 180 valence electrons. The van der Waals surface area contributed by atoms with Crippen molar-refractivity contribution in [2.75, 3.05) is 24.3 Å². The average Bonchev–Trinajstić information content (AvgIpc) is 3.40. The first kappa shape index (κ1) is 23.8. The van der Waals surface area contributed by atoms with E-state index >= 15 is 0 Å². The van der Waals surface area contributed by atoms with Crippen LogP contribution in [0.25, 0.3) is 11.3 Å². The average molecular weight is 497 g/mol. The van der Waals surface area contributed by atoms with Gasteiger partial charge in [0.15, 0.2) is 11.5 Å². The van der Waals surface area contributed by atoms with Gasteiger partial charge < -0.3 is 14.8 Å². The van der Waals surface area contributed by atoms with Crippen molar-refractivity contribution in [3.63, 3.8) is 0 Å². The zero-order valence-electron chi connectivity index (χ0n) is 18.7. The van der Waals surface area contributed by atoms with Crippen LogP contribution in [0.3, 0.4) is 0 Å². The number of nitrogens with one attached hydrogen (secondary N) is 3. The molecular weight excluding hydrogens is 475 g/mol. The lowest BCUT2D eigenvalue weighted by molar-refractivity contribution is 0.102. The molecule has 3 aromatic carbocycles. The third kappa shape index (κ3) is 5.09. The van der Waals surface area contributed by atoms with Crippen LogP contribution in [0.15, 0.2) is 77.8 Å². The van der Waals surface area contributed by atoms with Crippen LogP contribution in [0.4, 0.5) is 15.8 Å². The van der Waals surface area contributed by atoms with Gasteiger partial charge in [0.25, 0.3) is 15.9 Å². The molecule has 35 heavy (non-hydrogen) atoms. The highest BCUT2D eigenvalue weighted by Crippen LogP contribution is 2.35. The number of para-hydroxylation sites is 1. The zero-order valence-corrected chi connectivity index (χ0v) is 19.5. The molecule has 0 unspecified atom stereocenters. The third-order valence-corrected chi connectivity index (χ3v) is 6.42. The zero-order chi connectivity index (χ0) is 25.0. The van der Waals surface area contributed by atoms with Crippen molar-refractivity contribution in [1.82, 2.24) is 10.2 Å². The van der Waals surface area contributed by atoms with Gasteiger partial charge in [-0.15, -0.1) is 0 Å². The summed E-state index contributed by atoms with van der Waals surface area (Å²) in [6.45, 7) is 0. The van der Waals surface area contributed by atoms with E-state index in [1.807, 2.05) is 6.07 Å². The first-order chi connectivity index (χ1) is 16.8. The van der Waals surface area contributed by atoms with Crippen molar-refractivity contribution < 1.29 is 27.1 Å². The Morgan fingerprint density at radius 1 is 1.00 bits per heavy atom. The lowest BCUT2D eigenvalue weighted by Crippen LogP contribution is -2.18. The van der Waals surface area contributed by atoms with E-state index in [9.17, 15) is 17.6 Å². The molecule has 11 heteroatoms. The van der Waals surface area contributed by atoms with Crippen molar-refractivity contribution in [3.8, 4) is 22.8 Å². The molecule has 1 aromatic heterocycles. The van der Waals surface area contributed by atoms with Gasteiger partial charge in [-0.25, -0.2) is 12.8 Å². The number of aromatic amines is 1. The minimum atomic E-state index is -4.27. The molecule has 1 heterocycles. The smallest absolute Gasteiger partial charge is 0.262 e. The number of methoxy groups -OCH3 is 2. The van der Waals surface area contributed by atoms with Gasteiger partial charge >= 0.3 is 0 Å². The fraction of sp³-hybridized carbons (Fsp3) is 0.0833. The second kappa shape index (κ2) is 9.85. The minimum Gasteiger partial charge on any atom is -0.493 e. The molecule has 0 aliphatic rings. The van der Waals surface area contributed by atoms with Crippen molar-refractivity contribution in [2.45, 2.75) is 4.90 Å². The van der Waals surface area contributed by atoms with E-state index < -0.39 is 21.7 Å². The van der Waals surface area contributed by atoms with Crippen molar-refractivity contribution >= 4 is 27.3 Å². The number of H-pyrrole nitrogens is 1. The fourth-order valence-electron chi connectivity index (χ4n) is 3.36. The van der Waals surface area contributed by atoms with Crippen LogP contribution in [-0.2, 0) is 10.0 Å². The highest BCUT2D eigenvalue weighted by Gasteiger charge is 2.25. The molecular formula is C24H21FN4O5S. The normalized spacial score (nSPS) is 11.1. The van der Waals surface area contributed by atoms with Crippen molar-refractivity contribution in [1.29, 1.82) is 0 Å². The van der Waals surface area contributed by atoms with E-state index in [4.69, 9.17) is 9.47 Å². The molecule has 9 nitrogen and oxygen atoms in total. The first-order valence-electron chi connectivity index (χ1n) is 10.3. The van der Waals surface area contributed by atoms with Crippen LogP contribution in [0, 0.1) is 5.82 Å². The molecule has 1 amide bonds. The van der Waals surface area contributed by atoms with Gasteiger partial charge in [-0.1, -0.05) is 24.3 Å². The maximum Gasteiger partial charge on any atom is 0.262 e. The quantitative estimate of drug-likeness (QED) is 0.335. The maximum atomic E-state index is 14.0. The largest absolute Gasteiger partial charge is 0.493 e. The molecule has 0 saturated carbocycles. The molecule has 0 spiro atoms. The van der Waals surface area contributed by atoms with Gasteiger partial charge in [0.2, 0.25) is 0 Å². The second-order valence-electron chi connectivity index (χ2n) is 7.29.